The average molecular weight is 260 g/mol. The van der Waals surface area contributed by atoms with Crippen LogP contribution in [0.1, 0.15) is 6.42 Å². The van der Waals surface area contributed by atoms with E-state index in [-0.39, 0.29) is 11.7 Å². The van der Waals surface area contributed by atoms with Gasteiger partial charge in [0.25, 0.3) is 0 Å². The van der Waals surface area contributed by atoms with Crippen molar-refractivity contribution in [1.29, 1.82) is 0 Å². The van der Waals surface area contributed by atoms with Crippen molar-refractivity contribution >= 4 is 11.6 Å². The summed E-state index contributed by atoms with van der Waals surface area (Å²) in [6, 6.07) is 4.70. The minimum atomic E-state index is -4.75. The summed E-state index contributed by atoms with van der Waals surface area (Å²) in [7, 11) is 0. The summed E-state index contributed by atoms with van der Waals surface area (Å²) < 4.78 is 40.0. The van der Waals surface area contributed by atoms with Crippen molar-refractivity contribution in [2.45, 2.75) is 18.8 Å². The quantitative estimate of drug-likeness (QED) is 0.879. The predicted molar refractivity (Wildman–Crippen MR) is 58.1 cm³/mol. The van der Waals surface area contributed by atoms with Crippen LogP contribution in [-0.4, -0.2) is 24.9 Å². The molecule has 1 aliphatic rings. The first-order chi connectivity index (χ1) is 8.37. The van der Waals surface area contributed by atoms with Crippen LogP contribution in [-0.2, 0) is 4.79 Å². The zero-order valence-electron chi connectivity index (χ0n) is 9.28. The lowest BCUT2D eigenvalue weighted by molar-refractivity contribution is -0.274. The Kier molecular flexibility index (Phi) is 3.16. The summed E-state index contributed by atoms with van der Waals surface area (Å²) in [6.07, 6.45) is -4.26. The molecular weight excluding hydrogens is 249 g/mol. The third kappa shape index (κ3) is 2.73. The van der Waals surface area contributed by atoms with Gasteiger partial charge in [0.15, 0.2) is 0 Å². The second-order valence-electron chi connectivity index (χ2n) is 3.93. The normalized spacial score (nSPS) is 20.3. The highest BCUT2D eigenvalue weighted by atomic mass is 19.4. The molecule has 1 aromatic carbocycles. The Hall–Kier alpha value is -1.76. The minimum Gasteiger partial charge on any atom is -0.406 e. The van der Waals surface area contributed by atoms with Gasteiger partial charge in [0.05, 0.1) is 6.04 Å². The van der Waals surface area contributed by atoms with E-state index in [1.54, 1.807) is 6.07 Å². The summed E-state index contributed by atoms with van der Waals surface area (Å²) in [6.45, 7) is 0.398. The number of nitrogens with two attached hydrogens (primary N) is 1. The second kappa shape index (κ2) is 4.49. The van der Waals surface area contributed by atoms with Crippen LogP contribution in [0.15, 0.2) is 24.3 Å². The zero-order chi connectivity index (χ0) is 13.3. The van der Waals surface area contributed by atoms with E-state index in [2.05, 4.69) is 4.74 Å². The molecule has 1 aromatic rings. The highest BCUT2D eigenvalue weighted by molar-refractivity contribution is 5.99. The molecule has 1 aliphatic heterocycles. The van der Waals surface area contributed by atoms with Gasteiger partial charge >= 0.3 is 6.36 Å². The number of anilines is 1. The van der Waals surface area contributed by atoms with Crippen LogP contribution in [0.5, 0.6) is 5.75 Å². The summed E-state index contributed by atoms with van der Waals surface area (Å²) >= 11 is 0. The molecule has 0 aliphatic carbocycles. The standard InChI is InChI=1S/C11H11F3N2O2/c12-11(13,14)18-8-3-1-2-7(6-8)16-5-4-9(15)10(16)17/h1-3,6,9H,4-5,15H2/t9-/m1/s1. The van der Waals surface area contributed by atoms with Gasteiger partial charge in [-0.15, -0.1) is 13.2 Å². The van der Waals surface area contributed by atoms with Gasteiger partial charge in [-0.1, -0.05) is 6.07 Å². The molecule has 7 heteroatoms. The molecule has 0 radical (unpaired) electrons. The lowest BCUT2D eigenvalue weighted by Gasteiger charge is -2.17. The van der Waals surface area contributed by atoms with Crippen molar-refractivity contribution < 1.29 is 22.7 Å². The number of amides is 1. The van der Waals surface area contributed by atoms with Crippen LogP contribution in [0.4, 0.5) is 18.9 Å². The third-order valence-electron chi connectivity index (χ3n) is 2.61. The molecule has 0 saturated carbocycles. The molecule has 1 atom stereocenters. The van der Waals surface area contributed by atoms with Crippen LogP contribution in [0.3, 0.4) is 0 Å². The molecular formula is C11H11F3N2O2. The molecule has 0 unspecified atom stereocenters. The van der Waals surface area contributed by atoms with Crippen molar-refractivity contribution in [1.82, 2.24) is 0 Å². The molecule has 1 fully saturated rings. The number of carbonyl (C=O) groups excluding carboxylic acids is 1. The Bertz CT molecular complexity index is 462. The number of nitrogens with zero attached hydrogens (tertiary/aromatic N) is 1. The first-order valence-corrected chi connectivity index (χ1v) is 5.29. The fraction of sp³-hybridized carbons (Fsp3) is 0.364. The van der Waals surface area contributed by atoms with Gasteiger partial charge in [-0.25, -0.2) is 0 Å². The monoisotopic (exact) mass is 260 g/mol. The number of carbonyl (C=O) groups is 1. The Morgan fingerprint density at radius 3 is 2.67 bits per heavy atom. The number of halogens is 3. The Morgan fingerprint density at radius 2 is 2.11 bits per heavy atom. The molecule has 0 spiro atoms. The fourth-order valence-corrected chi connectivity index (χ4v) is 1.81. The van der Waals surface area contributed by atoms with E-state index in [1.807, 2.05) is 0 Å². The third-order valence-corrected chi connectivity index (χ3v) is 2.61. The largest absolute Gasteiger partial charge is 0.573 e. The highest BCUT2D eigenvalue weighted by Crippen LogP contribution is 2.28. The van der Waals surface area contributed by atoms with Crippen molar-refractivity contribution in [3.8, 4) is 5.75 Å². The van der Waals surface area contributed by atoms with Gasteiger partial charge in [0.1, 0.15) is 5.75 Å². The fourth-order valence-electron chi connectivity index (χ4n) is 1.81. The van der Waals surface area contributed by atoms with Crippen LogP contribution >= 0.6 is 0 Å². The van der Waals surface area contributed by atoms with Gasteiger partial charge < -0.3 is 15.4 Å². The average Bonchev–Trinajstić information content (AvgIpc) is 2.58. The van der Waals surface area contributed by atoms with Gasteiger partial charge in [-0.2, -0.15) is 0 Å². The molecule has 1 heterocycles. The van der Waals surface area contributed by atoms with Gasteiger partial charge in [-0.3, -0.25) is 4.79 Å². The Balaban J connectivity index is 2.20. The Morgan fingerprint density at radius 1 is 1.39 bits per heavy atom. The van der Waals surface area contributed by atoms with Crippen molar-refractivity contribution in [3.05, 3.63) is 24.3 Å². The molecule has 1 amide bonds. The maximum atomic E-state index is 12.1. The van der Waals surface area contributed by atoms with Crippen LogP contribution in [0, 0.1) is 0 Å². The van der Waals surface area contributed by atoms with E-state index in [0.29, 0.717) is 18.7 Å². The van der Waals surface area contributed by atoms with E-state index < -0.39 is 12.4 Å². The molecule has 0 aromatic heterocycles. The van der Waals surface area contributed by atoms with E-state index in [1.165, 1.54) is 23.1 Å². The Labute approximate surface area is 101 Å². The second-order valence-corrected chi connectivity index (χ2v) is 3.93. The van der Waals surface area contributed by atoms with E-state index >= 15 is 0 Å². The molecule has 2 rings (SSSR count). The smallest absolute Gasteiger partial charge is 0.406 e. The van der Waals surface area contributed by atoms with Crippen molar-refractivity contribution in [2.24, 2.45) is 5.73 Å². The summed E-state index contributed by atoms with van der Waals surface area (Å²) in [4.78, 5) is 13.0. The van der Waals surface area contributed by atoms with E-state index in [9.17, 15) is 18.0 Å². The number of alkyl halides is 3. The SMILES string of the molecule is N[C@@H]1CCN(c2cccc(OC(F)(F)F)c2)C1=O. The van der Waals surface area contributed by atoms with Crippen LogP contribution in [0.25, 0.3) is 0 Å². The summed E-state index contributed by atoms with van der Waals surface area (Å²) in [5.74, 6) is -0.646. The topological polar surface area (TPSA) is 55.6 Å². The van der Waals surface area contributed by atoms with Crippen LogP contribution < -0.4 is 15.4 Å². The number of hydrogen-bond acceptors (Lipinski definition) is 3. The van der Waals surface area contributed by atoms with Gasteiger partial charge in [-0.05, 0) is 18.6 Å². The molecule has 4 nitrogen and oxygen atoms in total. The van der Waals surface area contributed by atoms with Crippen molar-refractivity contribution in [2.75, 3.05) is 11.4 Å². The number of ether oxygens (including phenoxy) is 1. The van der Waals surface area contributed by atoms with Crippen LogP contribution in [0.2, 0.25) is 0 Å². The van der Waals surface area contributed by atoms with E-state index in [4.69, 9.17) is 5.73 Å². The summed E-state index contributed by atoms with van der Waals surface area (Å²) in [5.41, 5.74) is 5.90. The zero-order valence-corrected chi connectivity index (χ0v) is 9.28. The first kappa shape index (κ1) is 12.7. The van der Waals surface area contributed by atoms with Gasteiger partial charge in [0, 0.05) is 18.3 Å². The van der Waals surface area contributed by atoms with E-state index in [0.717, 1.165) is 0 Å². The number of rotatable bonds is 2. The molecule has 18 heavy (non-hydrogen) atoms. The molecule has 0 bridgehead atoms. The summed E-state index contributed by atoms with van der Waals surface area (Å²) in [5, 5.41) is 0. The number of benzene rings is 1. The lowest BCUT2D eigenvalue weighted by Crippen LogP contribution is -2.33. The maximum Gasteiger partial charge on any atom is 0.573 e. The van der Waals surface area contributed by atoms with Crippen molar-refractivity contribution in [3.63, 3.8) is 0 Å². The molecule has 1 saturated heterocycles. The lowest BCUT2D eigenvalue weighted by atomic mass is 10.2. The molecule has 98 valence electrons. The van der Waals surface area contributed by atoms with Gasteiger partial charge in [0.2, 0.25) is 5.91 Å². The predicted octanol–water partition coefficient (Wildman–Crippen LogP) is 1.65. The minimum absolute atomic E-state index is 0.292. The first-order valence-electron chi connectivity index (χ1n) is 5.29. The molecule has 2 N–H and O–H groups in total. The number of hydrogen-bond donors (Lipinski definition) is 1. The highest BCUT2D eigenvalue weighted by Gasteiger charge is 2.32. The maximum absolute atomic E-state index is 12.1.